The fraction of sp³-hybridized carbons (Fsp3) is 0.0833. The molecule has 7 nitrogen and oxygen atoms in total. The van der Waals surface area contributed by atoms with Gasteiger partial charge < -0.3 is 10.1 Å². The topological polar surface area (TPSA) is 81.9 Å². The maximum atomic E-state index is 12.6. The van der Waals surface area contributed by atoms with Gasteiger partial charge in [-0.05, 0) is 61.7 Å². The molecule has 2 aromatic carbocycles. The molecule has 0 saturated carbocycles. The van der Waals surface area contributed by atoms with E-state index in [1.54, 1.807) is 35.0 Å². The number of carbonyl (C=O) groups is 1. The van der Waals surface area contributed by atoms with E-state index in [-0.39, 0.29) is 5.91 Å². The van der Waals surface area contributed by atoms with Crippen LogP contribution in [-0.2, 0) is 0 Å². The third-order valence-electron chi connectivity index (χ3n) is 4.84. The number of carbonyl (C=O) groups excluding carboxylic acids is 1. The van der Waals surface area contributed by atoms with Crippen LogP contribution in [-0.4, -0.2) is 25.7 Å². The highest BCUT2D eigenvalue weighted by Gasteiger charge is 2.11. The van der Waals surface area contributed by atoms with Crippen molar-refractivity contribution in [2.45, 2.75) is 13.8 Å². The average Bonchev–Trinajstić information content (AvgIpc) is 3.38. The summed E-state index contributed by atoms with van der Waals surface area (Å²) in [5.41, 5.74) is 2.58. The maximum Gasteiger partial charge on any atom is 0.265 e. The molecule has 158 valence electrons. The van der Waals surface area contributed by atoms with Crippen molar-refractivity contribution in [2.75, 3.05) is 5.32 Å². The summed E-state index contributed by atoms with van der Waals surface area (Å²) in [5.74, 6) is 1.51. The van der Waals surface area contributed by atoms with Crippen molar-refractivity contribution in [3.63, 3.8) is 0 Å². The lowest BCUT2D eigenvalue weighted by atomic mass is 10.2. The number of hydrogen-bond acceptors (Lipinski definition) is 6. The van der Waals surface area contributed by atoms with Gasteiger partial charge in [-0.2, -0.15) is 5.10 Å². The van der Waals surface area contributed by atoms with E-state index in [4.69, 9.17) is 4.74 Å². The molecule has 0 spiro atoms. The molecular weight excluding hydrogens is 422 g/mol. The van der Waals surface area contributed by atoms with E-state index >= 15 is 0 Å². The summed E-state index contributed by atoms with van der Waals surface area (Å²) in [4.78, 5) is 21.7. The molecule has 3 heterocycles. The van der Waals surface area contributed by atoms with Gasteiger partial charge in [-0.3, -0.25) is 4.79 Å². The van der Waals surface area contributed by atoms with E-state index in [0.29, 0.717) is 28.0 Å². The quantitative estimate of drug-likeness (QED) is 0.387. The zero-order valence-electron chi connectivity index (χ0n) is 17.4. The molecule has 8 heteroatoms. The van der Waals surface area contributed by atoms with E-state index < -0.39 is 0 Å². The van der Waals surface area contributed by atoms with Gasteiger partial charge in [0.15, 0.2) is 5.82 Å². The summed E-state index contributed by atoms with van der Waals surface area (Å²) in [5, 5.41) is 8.43. The fourth-order valence-electron chi connectivity index (χ4n) is 3.38. The molecule has 1 N–H and O–H groups in total. The van der Waals surface area contributed by atoms with Crippen molar-refractivity contribution in [1.82, 2.24) is 19.7 Å². The van der Waals surface area contributed by atoms with Gasteiger partial charge in [-0.1, -0.05) is 18.2 Å². The van der Waals surface area contributed by atoms with Gasteiger partial charge >= 0.3 is 0 Å². The standard InChI is InChI=1S/C24H19N5O2S/c1-15-11-16(2)29(28-15)22-13-23(26-14-25-22)31-19-9-7-18(8-10-19)27-24(30)21-12-17-5-3-4-6-20(17)32-21/h3-14H,1-2H3,(H,27,30). The molecule has 32 heavy (non-hydrogen) atoms. The van der Waals surface area contributed by atoms with Crippen molar-refractivity contribution in [2.24, 2.45) is 0 Å². The molecule has 0 bridgehead atoms. The van der Waals surface area contributed by atoms with E-state index in [1.807, 2.05) is 50.2 Å². The molecule has 0 aliphatic rings. The first-order valence-corrected chi connectivity index (χ1v) is 10.8. The number of anilines is 1. The molecule has 5 aromatic rings. The third-order valence-corrected chi connectivity index (χ3v) is 5.95. The van der Waals surface area contributed by atoms with Gasteiger partial charge in [0.1, 0.15) is 12.1 Å². The average molecular weight is 442 g/mol. The Bertz CT molecular complexity index is 1390. The number of ether oxygens (including phenoxy) is 1. The minimum absolute atomic E-state index is 0.134. The molecule has 0 unspecified atom stereocenters. The number of nitrogens with one attached hydrogen (secondary N) is 1. The molecule has 0 atom stereocenters. The summed E-state index contributed by atoms with van der Waals surface area (Å²) in [6, 6.07) is 20.7. The van der Waals surface area contributed by atoms with Gasteiger partial charge in [-0.25, -0.2) is 14.6 Å². The predicted octanol–water partition coefficient (Wildman–Crippen LogP) is 5.54. The Hall–Kier alpha value is -4.04. The number of rotatable bonds is 5. The normalized spacial score (nSPS) is 10.9. The number of nitrogens with zero attached hydrogens (tertiary/aromatic N) is 4. The Labute approximate surface area is 188 Å². The SMILES string of the molecule is Cc1cc(C)n(-c2cc(Oc3ccc(NC(=O)c4cc5ccccc5s4)cc3)ncn2)n1. The summed E-state index contributed by atoms with van der Waals surface area (Å²) < 4.78 is 8.70. The van der Waals surface area contributed by atoms with Crippen molar-refractivity contribution in [3.8, 4) is 17.4 Å². The monoisotopic (exact) mass is 441 g/mol. The van der Waals surface area contributed by atoms with Crippen LogP contribution < -0.4 is 10.1 Å². The molecule has 0 aliphatic carbocycles. The van der Waals surface area contributed by atoms with E-state index in [2.05, 4.69) is 20.4 Å². The lowest BCUT2D eigenvalue weighted by molar-refractivity contribution is 0.103. The first-order chi connectivity index (χ1) is 15.5. The van der Waals surface area contributed by atoms with Crippen LogP contribution in [0.3, 0.4) is 0 Å². The molecule has 0 radical (unpaired) electrons. The van der Waals surface area contributed by atoms with Gasteiger partial charge in [0, 0.05) is 22.1 Å². The molecule has 0 saturated heterocycles. The van der Waals surface area contributed by atoms with E-state index in [0.717, 1.165) is 21.5 Å². The smallest absolute Gasteiger partial charge is 0.265 e. The van der Waals surface area contributed by atoms with Crippen LogP contribution >= 0.6 is 11.3 Å². The Kier molecular flexibility index (Phi) is 5.12. The Morgan fingerprint density at radius 2 is 1.81 bits per heavy atom. The molecular formula is C24H19N5O2S. The van der Waals surface area contributed by atoms with Crippen molar-refractivity contribution in [1.29, 1.82) is 0 Å². The van der Waals surface area contributed by atoms with E-state index in [1.165, 1.54) is 17.7 Å². The first kappa shape index (κ1) is 19.9. The van der Waals surface area contributed by atoms with E-state index in [9.17, 15) is 4.79 Å². The number of amides is 1. The zero-order valence-corrected chi connectivity index (χ0v) is 18.3. The highest BCUT2D eigenvalue weighted by molar-refractivity contribution is 7.20. The summed E-state index contributed by atoms with van der Waals surface area (Å²) in [6.45, 7) is 3.90. The number of thiophene rings is 1. The van der Waals surface area contributed by atoms with Gasteiger partial charge in [0.2, 0.25) is 5.88 Å². The highest BCUT2D eigenvalue weighted by Crippen LogP contribution is 2.27. The summed E-state index contributed by atoms with van der Waals surface area (Å²) in [7, 11) is 0. The van der Waals surface area contributed by atoms with Crippen LogP contribution in [0.1, 0.15) is 21.1 Å². The Morgan fingerprint density at radius 3 is 2.56 bits per heavy atom. The van der Waals surface area contributed by atoms with Crippen LogP contribution in [0.5, 0.6) is 11.6 Å². The van der Waals surface area contributed by atoms with Crippen LogP contribution in [0.25, 0.3) is 15.9 Å². The number of aromatic nitrogens is 4. The van der Waals surface area contributed by atoms with Crippen molar-refractivity contribution >= 4 is 33.0 Å². The zero-order chi connectivity index (χ0) is 22.1. The number of hydrogen-bond donors (Lipinski definition) is 1. The Morgan fingerprint density at radius 1 is 1.00 bits per heavy atom. The summed E-state index contributed by atoms with van der Waals surface area (Å²) >= 11 is 1.47. The van der Waals surface area contributed by atoms with Crippen LogP contribution in [0, 0.1) is 13.8 Å². The van der Waals surface area contributed by atoms with Crippen molar-refractivity contribution in [3.05, 3.63) is 89.3 Å². The number of fused-ring (bicyclic) bond motifs is 1. The van der Waals surface area contributed by atoms with Crippen LogP contribution in [0.2, 0.25) is 0 Å². The first-order valence-electron chi connectivity index (χ1n) is 9.99. The second-order valence-corrected chi connectivity index (χ2v) is 8.37. The minimum atomic E-state index is -0.134. The number of benzene rings is 2. The predicted molar refractivity (Wildman–Crippen MR) is 125 cm³/mol. The largest absolute Gasteiger partial charge is 0.439 e. The third kappa shape index (κ3) is 4.08. The van der Waals surface area contributed by atoms with Crippen molar-refractivity contribution < 1.29 is 9.53 Å². The van der Waals surface area contributed by atoms with Crippen LogP contribution in [0.15, 0.2) is 73.1 Å². The highest BCUT2D eigenvalue weighted by atomic mass is 32.1. The molecule has 5 rings (SSSR count). The molecule has 0 fully saturated rings. The molecule has 3 aromatic heterocycles. The Balaban J connectivity index is 1.28. The lowest BCUT2D eigenvalue weighted by Gasteiger charge is -2.08. The molecule has 1 amide bonds. The van der Waals surface area contributed by atoms with Gasteiger partial charge in [0.25, 0.3) is 5.91 Å². The van der Waals surface area contributed by atoms with Gasteiger partial charge in [0.05, 0.1) is 10.6 Å². The second kappa shape index (κ2) is 8.24. The minimum Gasteiger partial charge on any atom is -0.439 e. The number of aryl methyl sites for hydroxylation is 2. The lowest BCUT2D eigenvalue weighted by Crippen LogP contribution is -2.09. The second-order valence-electron chi connectivity index (χ2n) is 7.28. The maximum absolute atomic E-state index is 12.6. The van der Waals surface area contributed by atoms with Gasteiger partial charge in [-0.15, -0.1) is 11.3 Å². The van der Waals surface area contributed by atoms with Crippen LogP contribution in [0.4, 0.5) is 5.69 Å². The molecule has 0 aliphatic heterocycles. The summed E-state index contributed by atoms with van der Waals surface area (Å²) in [6.07, 6.45) is 1.45. The fourth-order valence-corrected chi connectivity index (χ4v) is 4.33.